The Kier molecular flexibility index (Phi) is 3.20. The summed E-state index contributed by atoms with van der Waals surface area (Å²) in [5, 5.41) is 0. The van der Waals surface area contributed by atoms with Gasteiger partial charge in [0, 0.05) is 31.2 Å². The fourth-order valence-electron chi connectivity index (χ4n) is 4.56. The number of para-hydroxylation sites is 1. The second kappa shape index (κ2) is 5.05. The van der Waals surface area contributed by atoms with Crippen molar-refractivity contribution in [3.8, 4) is 5.75 Å². The van der Waals surface area contributed by atoms with Crippen molar-refractivity contribution in [2.75, 3.05) is 19.7 Å². The van der Waals surface area contributed by atoms with E-state index >= 15 is 0 Å². The monoisotopic (exact) mass is 272 g/mol. The predicted molar refractivity (Wildman–Crippen MR) is 79.5 cm³/mol. The third kappa shape index (κ3) is 2.13. The van der Waals surface area contributed by atoms with Crippen LogP contribution in [0.15, 0.2) is 24.3 Å². The molecular formula is C17H24N2O. The summed E-state index contributed by atoms with van der Waals surface area (Å²) in [6.07, 6.45) is 4.16. The summed E-state index contributed by atoms with van der Waals surface area (Å²) >= 11 is 0. The van der Waals surface area contributed by atoms with E-state index in [9.17, 15) is 0 Å². The maximum absolute atomic E-state index is 6.46. The molecule has 20 heavy (non-hydrogen) atoms. The Morgan fingerprint density at radius 2 is 2.05 bits per heavy atom. The van der Waals surface area contributed by atoms with E-state index in [0.29, 0.717) is 12.0 Å². The van der Waals surface area contributed by atoms with Gasteiger partial charge in [-0.25, -0.2) is 0 Å². The van der Waals surface area contributed by atoms with Crippen molar-refractivity contribution in [3.63, 3.8) is 0 Å². The first-order valence-electron chi connectivity index (χ1n) is 8.00. The van der Waals surface area contributed by atoms with E-state index in [1.807, 2.05) is 0 Å². The SMILES string of the molecule is NC1C2CCC(C2)C1CN1CCOc2ccccc2C1. The van der Waals surface area contributed by atoms with Crippen LogP contribution >= 0.6 is 0 Å². The molecule has 4 unspecified atom stereocenters. The smallest absolute Gasteiger partial charge is 0.123 e. The second-order valence-electron chi connectivity index (χ2n) is 6.77. The van der Waals surface area contributed by atoms with Crippen LogP contribution in [-0.2, 0) is 6.54 Å². The minimum atomic E-state index is 0.438. The lowest BCUT2D eigenvalue weighted by atomic mass is 9.84. The Morgan fingerprint density at radius 3 is 2.90 bits per heavy atom. The first-order valence-corrected chi connectivity index (χ1v) is 8.00. The highest BCUT2D eigenvalue weighted by Gasteiger charge is 2.46. The topological polar surface area (TPSA) is 38.5 Å². The molecule has 2 bridgehead atoms. The number of nitrogens with two attached hydrogens (primary N) is 1. The maximum Gasteiger partial charge on any atom is 0.123 e. The molecule has 2 N–H and O–H groups in total. The lowest BCUT2D eigenvalue weighted by Crippen LogP contribution is -2.43. The molecule has 1 heterocycles. The molecule has 0 aromatic heterocycles. The molecule has 3 heteroatoms. The largest absolute Gasteiger partial charge is 0.492 e. The molecule has 2 saturated carbocycles. The summed E-state index contributed by atoms with van der Waals surface area (Å²) in [4.78, 5) is 2.55. The number of fused-ring (bicyclic) bond motifs is 3. The Morgan fingerprint density at radius 1 is 1.20 bits per heavy atom. The highest BCUT2D eigenvalue weighted by atomic mass is 16.5. The quantitative estimate of drug-likeness (QED) is 0.897. The molecule has 108 valence electrons. The van der Waals surface area contributed by atoms with Crippen LogP contribution in [0.4, 0.5) is 0 Å². The van der Waals surface area contributed by atoms with E-state index in [1.165, 1.54) is 24.8 Å². The van der Waals surface area contributed by atoms with Crippen molar-refractivity contribution >= 4 is 0 Å². The molecule has 1 aromatic rings. The second-order valence-corrected chi connectivity index (χ2v) is 6.77. The van der Waals surface area contributed by atoms with Crippen LogP contribution in [0.2, 0.25) is 0 Å². The van der Waals surface area contributed by atoms with Crippen LogP contribution in [0.5, 0.6) is 5.75 Å². The Balaban J connectivity index is 1.47. The molecule has 1 aromatic carbocycles. The normalized spacial score (nSPS) is 36.5. The van der Waals surface area contributed by atoms with Crippen LogP contribution < -0.4 is 10.5 Å². The number of hydrogen-bond donors (Lipinski definition) is 1. The van der Waals surface area contributed by atoms with Gasteiger partial charge in [-0.3, -0.25) is 4.90 Å². The van der Waals surface area contributed by atoms with Crippen LogP contribution in [0.25, 0.3) is 0 Å². The molecule has 0 spiro atoms. The summed E-state index contributed by atoms with van der Waals surface area (Å²) in [6, 6.07) is 8.87. The summed E-state index contributed by atoms with van der Waals surface area (Å²) in [5.41, 5.74) is 7.78. The molecule has 4 atom stereocenters. The van der Waals surface area contributed by atoms with Gasteiger partial charge in [0.2, 0.25) is 0 Å². The van der Waals surface area contributed by atoms with Gasteiger partial charge in [0.05, 0.1) is 0 Å². The zero-order valence-electron chi connectivity index (χ0n) is 12.0. The van der Waals surface area contributed by atoms with Crippen molar-refractivity contribution in [2.45, 2.75) is 31.8 Å². The standard InChI is InChI=1S/C17H24N2O/c18-17-13-6-5-12(9-13)15(17)11-19-7-8-20-16-4-2-1-3-14(16)10-19/h1-4,12-13,15,17H,5-11,18H2. The van der Waals surface area contributed by atoms with Crippen molar-refractivity contribution in [1.29, 1.82) is 0 Å². The fraction of sp³-hybridized carbons (Fsp3) is 0.647. The molecule has 0 saturated heterocycles. The molecule has 4 rings (SSSR count). The van der Waals surface area contributed by atoms with E-state index < -0.39 is 0 Å². The molecule has 2 aliphatic carbocycles. The van der Waals surface area contributed by atoms with Gasteiger partial charge in [-0.05, 0) is 43.1 Å². The minimum Gasteiger partial charge on any atom is -0.492 e. The van der Waals surface area contributed by atoms with Crippen LogP contribution in [0, 0.1) is 17.8 Å². The molecule has 0 radical (unpaired) electrons. The van der Waals surface area contributed by atoms with Crippen LogP contribution in [-0.4, -0.2) is 30.6 Å². The van der Waals surface area contributed by atoms with Crippen molar-refractivity contribution < 1.29 is 4.74 Å². The lowest BCUT2D eigenvalue weighted by Gasteiger charge is -2.32. The highest BCUT2D eigenvalue weighted by Crippen LogP contribution is 2.48. The van der Waals surface area contributed by atoms with E-state index in [2.05, 4.69) is 29.2 Å². The Labute approximate surface area is 121 Å². The van der Waals surface area contributed by atoms with Crippen LogP contribution in [0.3, 0.4) is 0 Å². The number of hydrogen-bond acceptors (Lipinski definition) is 3. The number of nitrogens with zero attached hydrogens (tertiary/aromatic N) is 1. The summed E-state index contributed by atoms with van der Waals surface area (Å²) < 4.78 is 5.86. The molecule has 2 fully saturated rings. The third-order valence-electron chi connectivity index (χ3n) is 5.66. The van der Waals surface area contributed by atoms with Crippen molar-refractivity contribution in [1.82, 2.24) is 4.90 Å². The van der Waals surface area contributed by atoms with Gasteiger partial charge in [-0.2, -0.15) is 0 Å². The lowest BCUT2D eigenvalue weighted by molar-refractivity contribution is 0.157. The summed E-state index contributed by atoms with van der Waals surface area (Å²) in [5.74, 6) is 3.46. The van der Waals surface area contributed by atoms with Gasteiger partial charge < -0.3 is 10.5 Å². The van der Waals surface area contributed by atoms with Gasteiger partial charge in [0.15, 0.2) is 0 Å². The van der Waals surface area contributed by atoms with Gasteiger partial charge >= 0.3 is 0 Å². The van der Waals surface area contributed by atoms with Gasteiger partial charge in [-0.1, -0.05) is 18.2 Å². The fourth-order valence-corrected chi connectivity index (χ4v) is 4.56. The predicted octanol–water partition coefficient (Wildman–Crippen LogP) is 2.25. The molecule has 0 amide bonds. The molecule has 3 aliphatic rings. The van der Waals surface area contributed by atoms with E-state index in [0.717, 1.165) is 43.8 Å². The maximum atomic E-state index is 6.46. The average Bonchev–Trinajstić information content (AvgIpc) is 2.97. The molecule has 3 nitrogen and oxygen atoms in total. The number of rotatable bonds is 2. The minimum absolute atomic E-state index is 0.438. The van der Waals surface area contributed by atoms with Gasteiger partial charge in [0.25, 0.3) is 0 Å². The first-order chi connectivity index (χ1) is 9.81. The highest BCUT2D eigenvalue weighted by molar-refractivity contribution is 5.33. The number of ether oxygens (including phenoxy) is 1. The van der Waals surface area contributed by atoms with E-state index in [-0.39, 0.29) is 0 Å². The summed E-state index contributed by atoms with van der Waals surface area (Å²) in [6.45, 7) is 3.99. The Hall–Kier alpha value is -1.06. The van der Waals surface area contributed by atoms with Crippen LogP contribution in [0.1, 0.15) is 24.8 Å². The van der Waals surface area contributed by atoms with E-state index in [4.69, 9.17) is 10.5 Å². The molecular weight excluding hydrogens is 248 g/mol. The van der Waals surface area contributed by atoms with Crippen molar-refractivity contribution in [3.05, 3.63) is 29.8 Å². The first kappa shape index (κ1) is 12.7. The van der Waals surface area contributed by atoms with Gasteiger partial charge in [-0.15, -0.1) is 0 Å². The average molecular weight is 272 g/mol. The van der Waals surface area contributed by atoms with E-state index in [1.54, 1.807) is 0 Å². The zero-order chi connectivity index (χ0) is 13.5. The summed E-state index contributed by atoms with van der Waals surface area (Å²) in [7, 11) is 0. The number of benzene rings is 1. The van der Waals surface area contributed by atoms with Crippen molar-refractivity contribution in [2.24, 2.45) is 23.5 Å². The zero-order valence-corrected chi connectivity index (χ0v) is 12.0. The van der Waals surface area contributed by atoms with Gasteiger partial charge in [0.1, 0.15) is 12.4 Å². The third-order valence-corrected chi connectivity index (χ3v) is 5.66. The molecule has 1 aliphatic heterocycles. The Bertz CT molecular complexity index is 488.